The molecule has 104 valence electrons. The first-order valence-electron chi connectivity index (χ1n) is 6.81. The van der Waals surface area contributed by atoms with E-state index in [0.717, 1.165) is 31.8 Å². The summed E-state index contributed by atoms with van der Waals surface area (Å²) in [5.41, 5.74) is 1.42. The number of anilines is 1. The molecule has 2 heterocycles. The van der Waals surface area contributed by atoms with Crippen LogP contribution in [0.4, 0.5) is 5.69 Å². The van der Waals surface area contributed by atoms with E-state index >= 15 is 0 Å². The van der Waals surface area contributed by atoms with Crippen molar-refractivity contribution < 1.29 is 9.53 Å². The van der Waals surface area contributed by atoms with Gasteiger partial charge in [0.1, 0.15) is 5.69 Å². The highest BCUT2D eigenvalue weighted by Gasteiger charge is 2.21. The second-order valence-corrected chi connectivity index (χ2v) is 4.75. The minimum atomic E-state index is -0.0166. The summed E-state index contributed by atoms with van der Waals surface area (Å²) in [6.07, 6.45) is 2.63. The van der Waals surface area contributed by atoms with Gasteiger partial charge in [-0.3, -0.25) is 9.78 Å². The predicted octanol–water partition coefficient (Wildman–Crippen LogP) is 1.76. The molecule has 1 aromatic rings. The molecular formula is C14H21N3O2. The Bertz CT molecular complexity index is 436. The smallest absolute Gasteiger partial charge is 0.272 e. The number of rotatable bonds is 3. The van der Waals surface area contributed by atoms with Gasteiger partial charge in [-0.1, -0.05) is 0 Å². The van der Waals surface area contributed by atoms with Crippen LogP contribution < -0.4 is 5.32 Å². The molecule has 0 aliphatic carbocycles. The molecule has 1 atom stereocenters. The maximum Gasteiger partial charge on any atom is 0.272 e. The van der Waals surface area contributed by atoms with Crippen molar-refractivity contribution in [2.45, 2.75) is 26.4 Å². The molecule has 0 saturated carbocycles. The molecule has 0 spiro atoms. The maximum atomic E-state index is 12.4. The molecule has 19 heavy (non-hydrogen) atoms. The molecule has 2 rings (SSSR count). The molecule has 5 heteroatoms. The number of ether oxygens (including phenoxy) is 1. The Kier molecular flexibility index (Phi) is 4.74. The Morgan fingerprint density at radius 2 is 2.47 bits per heavy atom. The third kappa shape index (κ3) is 3.67. The summed E-state index contributed by atoms with van der Waals surface area (Å²) in [4.78, 5) is 18.4. The summed E-state index contributed by atoms with van der Waals surface area (Å²) in [6, 6.07) is 3.68. The molecule has 1 unspecified atom stereocenters. The Morgan fingerprint density at radius 3 is 3.26 bits per heavy atom. The van der Waals surface area contributed by atoms with Crippen molar-refractivity contribution in [2.75, 3.05) is 31.6 Å². The van der Waals surface area contributed by atoms with Crippen LogP contribution in [0.1, 0.15) is 30.8 Å². The molecule has 0 aromatic carbocycles. The lowest BCUT2D eigenvalue weighted by atomic mass is 10.2. The van der Waals surface area contributed by atoms with Crippen LogP contribution in [0.25, 0.3) is 0 Å². The van der Waals surface area contributed by atoms with Gasteiger partial charge in [-0.15, -0.1) is 0 Å². The highest BCUT2D eigenvalue weighted by Crippen LogP contribution is 2.13. The Hall–Kier alpha value is -1.62. The number of carbonyl (C=O) groups is 1. The number of nitrogens with zero attached hydrogens (tertiary/aromatic N) is 2. The largest absolute Gasteiger partial charge is 0.385 e. The predicted molar refractivity (Wildman–Crippen MR) is 74.3 cm³/mol. The van der Waals surface area contributed by atoms with Crippen LogP contribution in [0.15, 0.2) is 18.3 Å². The van der Waals surface area contributed by atoms with Gasteiger partial charge in [0.15, 0.2) is 0 Å². The fourth-order valence-electron chi connectivity index (χ4n) is 2.20. The van der Waals surface area contributed by atoms with Crippen molar-refractivity contribution in [3.63, 3.8) is 0 Å². The van der Waals surface area contributed by atoms with Gasteiger partial charge in [-0.05, 0) is 32.4 Å². The number of nitrogens with one attached hydrogen (secondary N) is 1. The van der Waals surface area contributed by atoms with Crippen molar-refractivity contribution in [3.05, 3.63) is 24.0 Å². The van der Waals surface area contributed by atoms with E-state index in [1.54, 1.807) is 6.20 Å². The van der Waals surface area contributed by atoms with Gasteiger partial charge < -0.3 is 15.0 Å². The molecule has 1 aliphatic heterocycles. The van der Waals surface area contributed by atoms with Gasteiger partial charge in [0.05, 0.1) is 6.10 Å². The lowest BCUT2D eigenvalue weighted by Crippen LogP contribution is -2.36. The summed E-state index contributed by atoms with van der Waals surface area (Å²) < 4.78 is 5.55. The number of aromatic nitrogens is 1. The summed E-state index contributed by atoms with van der Waals surface area (Å²) in [6.45, 7) is 6.92. The number of hydrogen-bond donors (Lipinski definition) is 1. The Balaban J connectivity index is 2.11. The fraction of sp³-hybridized carbons (Fsp3) is 0.571. The van der Waals surface area contributed by atoms with E-state index in [9.17, 15) is 4.79 Å². The number of pyridine rings is 1. The van der Waals surface area contributed by atoms with Gasteiger partial charge >= 0.3 is 0 Å². The van der Waals surface area contributed by atoms with Crippen LogP contribution in [0.2, 0.25) is 0 Å². The minimum absolute atomic E-state index is 0.0166. The number of amides is 1. The molecule has 1 fully saturated rings. The van der Waals surface area contributed by atoms with Crippen LogP contribution in [0, 0.1) is 0 Å². The number of hydrogen-bond acceptors (Lipinski definition) is 4. The number of carbonyl (C=O) groups excluding carboxylic acids is 1. The maximum absolute atomic E-state index is 12.4. The van der Waals surface area contributed by atoms with Crippen LogP contribution >= 0.6 is 0 Å². The van der Waals surface area contributed by atoms with Crippen molar-refractivity contribution in [1.29, 1.82) is 0 Å². The van der Waals surface area contributed by atoms with Crippen LogP contribution in [-0.4, -0.2) is 48.1 Å². The van der Waals surface area contributed by atoms with Gasteiger partial charge in [0.25, 0.3) is 5.91 Å². The second-order valence-electron chi connectivity index (χ2n) is 4.75. The van der Waals surface area contributed by atoms with Gasteiger partial charge in [-0.2, -0.15) is 0 Å². The third-order valence-corrected chi connectivity index (χ3v) is 3.10. The molecule has 1 amide bonds. The SMILES string of the molecule is CCNc1ccnc(C(=O)N2CCCOC(C)C2)c1. The standard InChI is InChI=1S/C14H21N3O2/c1-3-15-12-5-6-16-13(9-12)14(18)17-7-4-8-19-11(2)10-17/h5-6,9,11H,3-4,7-8,10H2,1-2H3,(H,15,16). The molecule has 1 N–H and O–H groups in total. The van der Waals surface area contributed by atoms with Crippen LogP contribution in [0.5, 0.6) is 0 Å². The van der Waals surface area contributed by atoms with E-state index in [-0.39, 0.29) is 12.0 Å². The quantitative estimate of drug-likeness (QED) is 0.903. The second kappa shape index (κ2) is 6.52. The third-order valence-electron chi connectivity index (χ3n) is 3.10. The lowest BCUT2D eigenvalue weighted by Gasteiger charge is -2.21. The summed E-state index contributed by atoms with van der Waals surface area (Å²) >= 11 is 0. The van der Waals surface area contributed by atoms with Gasteiger partial charge in [0.2, 0.25) is 0 Å². The zero-order chi connectivity index (χ0) is 13.7. The average Bonchev–Trinajstić information content (AvgIpc) is 2.63. The van der Waals surface area contributed by atoms with E-state index < -0.39 is 0 Å². The lowest BCUT2D eigenvalue weighted by molar-refractivity contribution is 0.0559. The van der Waals surface area contributed by atoms with Gasteiger partial charge in [0, 0.05) is 38.1 Å². The zero-order valence-electron chi connectivity index (χ0n) is 11.6. The average molecular weight is 263 g/mol. The molecule has 1 saturated heterocycles. The first kappa shape index (κ1) is 13.8. The topological polar surface area (TPSA) is 54.5 Å². The normalized spacial score (nSPS) is 19.9. The first-order valence-corrected chi connectivity index (χ1v) is 6.81. The highest BCUT2D eigenvalue weighted by molar-refractivity contribution is 5.93. The van der Waals surface area contributed by atoms with Crippen molar-refractivity contribution in [2.24, 2.45) is 0 Å². The van der Waals surface area contributed by atoms with Crippen molar-refractivity contribution in [3.8, 4) is 0 Å². The van der Waals surface area contributed by atoms with E-state index in [2.05, 4.69) is 10.3 Å². The van der Waals surface area contributed by atoms with Crippen molar-refractivity contribution >= 4 is 11.6 Å². The van der Waals surface area contributed by atoms with Crippen LogP contribution in [0.3, 0.4) is 0 Å². The fourth-order valence-corrected chi connectivity index (χ4v) is 2.20. The molecule has 1 aliphatic rings. The van der Waals surface area contributed by atoms with E-state index in [4.69, 9.17) is 4.74 Å². The molecule has 0 bridgehead atoms. The summed E-state index contributed by atoms with van der Waals surface area (Å²) in [5, 5.41) is 3.19. The summed E-state index contributed by atoms with van der Waals surface area (Å²) in [7, 11) is 0. The van der Waals surface area contributed by atoms with Crippen molar-refractivity contribution in [1.82, 2.24) is 9.88 Å². The first-order chi connectivity index (χ1) is 9.20. The summed E-state index contributed by atoms with van der Waals surface area (Å²) in [5.74, 6) is -0.0166. The highest BCUT2D eigenvalue weighted by atomic mass is 16.5. The van der Waals surface area contributed by atoms with E-state index in [1.807, 2.05) is 30.9 Å². The Labute approximate surface area is 114 Å². The monoisotopic (exact) mass is 263 g/mol. The molecule has 0 radical (unpaired) electrons. The minimum Gasteiger partial charge on any atom is -0.385 e. The van der Waals surface area contributed by atoms with Crippen LogP contribution in [-0.2, 0) is 4.74 Å². The van der Waals surface area contributed by atoms with E-state index in [1.165, 1.54) is 0 Å². The molecular weight excluding hydrogens is 242 g/mol. The molecule has 1 aromatic heterocycles. The van der Waals surface area contributed by atoms with Gasteiger partial charge in [-0.25, -0.2) is 0 Å². The Morgan fingerprint density at radius 1 is 1.63 bits per heavy atom. The molecule has 5 nitrogen and oxygen atoms in total. The van der Waals surface area contributed by atoms with E-state index in [0.29, 0.717) is 12.2 Å². The zero-order valence-corrected chi connectivity index (χ0v) is 11.6.